The molecule has 5 rings (SSSR count). The molecule has 0 amide bonds. The van der Waals surface area contributed by atoms with Gasteiger partial charge in [0, 0.05) is 35.1 Å². The molecule has 0 aromatic heterocycles. The predicted molar refractivity (Wildman–Crippen MR) is 138 cm³/mol. The minimum atomic E-state index is -3.31. The zero-order valence-corrected chi connectivity index (χ0v) is 22.2. The minimum Gasteiger partial charge on any atom is -0.490 e. The summed E-state index contributed by atoms with van der Waals surface area (Å²) < 4.78 is 68.1. The van der Waals surface area contributed by atoms with Crippen LogP contribution in [0.15, 0.2) is 36.4 Å². The molecule has 2 aromatic carbocycles. The average molecular weight is 563 g/mol. The van der Waals surface area contributed by atoms with Gasteiger partial charge in [-0.05, 0) is 68.5 Å². The van der Waals surface area contributed by atoms with E-state index in [1.807, 2.05) is 12.1 Å². The van der Waals surface area contributed by atoms with E-state index < -0.39 is 38.2 Å². The lowest BCUT2D eigenvalue weighted by atomic mass is 9.60. The van der Waals surface area contributed by atoms with Crippen LogP contribution in [-0.4, -0.2) is 51.8 Å². The van der Waals surface area contributed by atoms with E-state index >= 15 is 4.39 Å². The van der Waals surface area contributed by atoms with Crippen LogP contribution in [0.2, 0.25) is 5.02 Å². The highest BCUT2D eigenvalue weighted by Gasteiger charge is 2.53. The van der Waals surface area contributed by atoms with E-state index in [9.17, 15) is 12.8 Å². The van der Waals surface area contributed by atoms with Gasteiger partial charge in [-0.15, -0.1) is 12.4 Å². The zero-order valence-electron chi connectivity index (χ0n) is 19.9. The number of halogens is 4. The van der Waals surface area contributed by atoms with E-state index in [0.29, 0.717) is 43.9 Å². The molecule has 3 aliphatic rings. The summed E-state index contributed by atoms with van der Waals surface area (Å²) in [5, 5.41) is 3.37. The molecule has 5 nitrogen and oxygen atoms in total. The molecule has 2 saturated heterocycles. The Morgan fingerprint density at radius 3 is 2.58 bits per heavy atom. The summed E-state index contributed by atoms with van der Waals surface area (Å²) in [4.78, 5) is 0. The van der Waals surface area contributed by atoms with Crippen molar-refractivity contribution in [3.05, 3.63) is 64.2 Å². The summed E-state index contributed by atoms with van der Waals surface area (Å²) in [5.41, 5.74) is 0.390. The highest BCUT2D eigenvalue weighted by Crippen LogP contribution is 2.52. The maximum absolute atomic E-state index is 15.4. The van der Waals surface area contributed by atoms with Gasteiger partial charge in [0.1, 0.15) is 5.82 Å². The van der Waals surface area contributed by atoms with Crippen LogP contribution in [0.5, 0.6) is 5.75 Å². The highest BCUT2D eigenvalue weighted by atomic mass is 35.5. The van der Waals surface area contributed by atoms with Crippen molar-refractivity contribution in [2.75, 3.05) is 32.1 Å². The molecule has 2 fully saturated rings. The summed E-state index contributed by atoms with van der Waals surface area (Å²) in [6.45, 7) is 1.77. The van der Waals surface area contributed by atoms with E-state index in [1.165, 1.54) is 0 Å². The molecule has 3 aliphatic heterocycles. The van der Waals surface area contributed by atoms with Gasteiger partial charge in [0.15, 0.2) is 21.4 Å². The molecule has 1 N–H and O–H groups in total. The van der Waals surface area contributed by atoms with Crippen molar-refractivity contribution in [2.24, 2.45) is 5.92 Å². The van der Waals surface area contributed by atoms with Crippen LogP contribution in [0.1, 0.15) is 36.8 Å². The number of ether oxygens (including phenoxy) is 2. The number of sulfone groups is 1. The Morgan fingerprint density at radius 1 is 1.11 bits per heavy atom. The predicted octanol–water partition coefficient (Wildman–Crippen LogP) is 4.87. The number of hydrogen-bond donors (Lipinski definition) is 1. The van der Waals surface area contributed by atoms with E-state index in [0.717, 1.165) is 30.7 Å². The Kier molecular flexibility index (Phi) is 8.52. The first kappa shape index (κ1) is 27.6. The fraction of sp³-hybridized carbons (Fsp3) is 0.538. The molecule has 4 atom stereocenters. The lowest BCUT2D eigenvalue weighted by Gasteiger charge is -2.51. The van der Waals surface area contributed by atoms with Crippen LogP contribution < -0.4 is 10.1 Å². The molecule has 0 aliphatic carbocycles. The number of hydrogen-bond acceptors (Lipinski definition) is 5. The number of benzene rings is 2. The second-order valence-electron chi connectivity index (χ2n) is 9.89. The number of piperidine rings is 1. The number of nitrogens with one attached hydrogen (secondary N) is 1. The molecule has 10 heteroatoms. The van der Waals surface area contributed by atoms with E-state index in [-0.39, 0.29) is 42.0 Å². The lowest BCUT2D eigenvalue weighted by Crippen LogP contribution is -2.55. The number of fused-ring (bicyclic) bond motifs is 3. The second-order valence-corrected chi connectivity index (χ2v) is 12.7. The Balaban J connectivity index is 0.00000304. The topological polar surface area (TPSA) is 64.6 Å². The second kappa shape index (κ2) is 11.1. The third kappa shape index (κ3) is 5.25. The van der Waals surface area contributed by atoms with Crippen LogP contribution in [0, 0.1) is 17.6 Å². The zero-order chi connectivity index (χ0) is 24.6. The molecule has 198 valence electrons. The van der Waals surface area contributed by atoms with Crippen LogP contribution in [-0.2, 0) is 26.4 Å². The maximum Gasteiger partial charge on any atom is 0.165 e. The summed E-state index contributed by atoms with van der Waals surface area (Å²) in [6, 6.07) is 9.59. The summed E-state index contributed by atoms with van der Waals surface area (Å²) in [6.07, 6.45) is 2.27. The van der Waals surface area contributed by atoms with Crippen molar-refractivity contribution < 1.29 is 26.7 Å². The first-order valence-corrected chi connectivity index (χ1v) is 14.3. The molecule has 0 unspecified atom stereocenters. The van der Waals surface area contributed by atoms with Gasteiger partial charge in [0.25, 0.3) is 0 Å². The standard InChI is InChI=1S/C26H30ClF2NO4S.ClH/c27-18-5-3-17(4-6-18)14-26-10-12-33-23(9-13-35(31,32)19-2-1-11-30-15-19)20(26)16-34-25-22(29)8-7-21(28)24(25)26;/h3-8,19-20,23,30H,1-2,9-16H2;1H/t19-,20-,23-,26-;/m0./s1. The van der Waals surface area contributed by atoms with Crippen molar-refractivity contribution in [3.8, 4) is 5.75 Å². The maximum atomic E-state index is 15.4. The lowest BCUT2D eigenvalue weighted by molar-refractivity contribution is -0.0963. The number of rotatable bonds is 6. The smallest absolute Gasteiger partial charge is 0.165 e. The van der Waals surface area contributed by atoms with Crippen molar-refractivity contribution in [1.29, 1.82) is 0 Å². The van der Waals surface area contributed by atoms with Gasteiger partial charge in [0.2, 0.25) is 0 Å². The molecule has 0 saturated carbocycles. The average Bonchev–Trinajstić information content (AvgIpc) is 2.86. The monoisotopic (exact) mass is 561 g/mol. The van der Waals surface area contributed by atoms with Gasteiger partial charge in [-0.25, -0.2) is 17.2 Å². The minimum absolute atomic E-state index is 0. The third-order valence-electron chi connectivity index (χ3n) is 7.88. The van der Waals surface area contributed by atoms with Crippen LogP contribution in [0.4, 0.5) is 8.78 Å². The Hall–Kier alpha value is -1.45. The normalized spacial score (nSPS) is 27.8. The fourth-order valence-corrected chi connectivity index (χ4v) is 7.99. The van der Waals surface area contributed by atoms with E-state index in [4.69, 9.17) is 21.1 Å². The Bertz CT molecular complexity index is 1180. The van der Waals surface area contributed by atoms with Gasteiger partial charge in [0.05, 0.1) is 23.7 Å². The van der Waals surface area contributed by atoms with Gasteiger partial charge >= 0.3 is 0 Å². The van der Waals surface area contributed by atoms with E-state index in [2.05, 4.69) is 5.32 Å². The van der Waals surface area contributed by atoms with Crippen molar-refractivity contribution in [2.45, 2.75) is 48.9 Å². The fourth-order valence-electron chi connectivity index (χ4n) is 6.07. The van der Waals surface area contributed by atoms with Crippen molar-refractivity contribution in [3.63, 3.8) is 0 Å². The molecular weight excluding hydrogens is 531 g/mol. The van der Waals surface area contributed by atoms with Gasteiger partial charge in [-0.3, -0.25) is 0 Å². The van der Waals surface area contributed by atoms with Crippen LogP contribution >= 0.6 is 24.0 Å². The van der Waals surface area contributed by atoms with Crippen LogP contribution in [0.3, 0.4) is 0 Å². The summed E-state index contributed by atoms with van der Waals surface area (Å²) in [7, 11) is -3.31. The van der Waals surface area contributed by atoms with Gasteiger partial charge in [-0.1, -0.05) is 23.7 Å². The van der Waals surface area contributed by atoms with Crippen molar-refractivity contribution in [1.82, 2.24) is 5.32 Å². The molecule has 0 spiro atoms. The summed E-state index contributed by atoms with van der Waals surface area (Å²) >= 11 is 6.08. The van der Waals surface area contributed by atoms with Crippen LogP contribution in [0.25, 0.3) is 0 Å². The van der Waals surface area contributed by atoms with Gasteiger partial charge in [-0.2, -0.15) is 0 Å². The molecule has 2 aromatic rings. The molecular formula is C26H31Cl2F2NO4S. The largest absolute Gasteiger partial charge is 0.490 e. The third-order valence-corrected chi connectivity index (χ3v) is 10.4. The molecule has 3 heterocycles. The Morgan fingerprint density at radius 2 is 1.86 bits per heavy atom. The molecule has 36 heavy (non-hydrogen) atoms. The first-order chi connectivity index (χ1) is 16.8. The molecule has 0 radical (unpaired) electrons. The van der Waals surface area contributed by atoms with E-state index in [1.54, 1.807) is 12.1 Å². The molecule has 0 bridgehead atoms. The quantitative estimate of drug-likeness (QED) is 0.544. The first-order valence-electron chi connectivity index (χ1n) is 12.2. The highest BCUT2D eigenvalue weighted by molar-refractivity contribution is 7.92. The summed E-state index contributed by atoms with van der Waals surface area (Å²) in [5.74, 6) is -1.48. The SMILES string of the molecule is Cl.O=S(=O)(CC[C@@H]1OCC[C@@]2(Cc3ccc(Cl)cc3)c3c(F)ccc(F)c3OC[C@@H]12)[C@H]1CCCNC1. The van der Waals surface area contributed by atoms with Crippen molar-refractivity contribution >= 4 is 33.8 Å². The van der Waals surface area contributed by atoms with Gasteiger partial charge < -0.3 is 14.8 Å². The Labute approximate surface area is 222 Å².